The number of nitrogens with zero attached hydrogens (tertiary/aromatic N) is 1. The average molecular weight is 529 g/mol. The number of benzene rings is 2. The maximum absolute atomic E-state index is 11.9. The molecule has 1 saturated heterocycles. The molecule has 39 heavy (non-hydrogen) atoms. The van der Waals surface area contributed by atoms with Crippen molar-refractivity contribution >= 4 is 17.4 Å². The summed E-state index contributed by atoms with van der Waals surface area (Å²) in [6.07, 6.45) is 13.4. The molecular weight excluding hydrogens is 484 g/mol. The molecule has 2 aliphatic rings. The molecule has 1 heterocycles. The molecule has 5 nitrogen and oxygen atoms in total. The van der Waals surface area contributed by atoms with Gasteiger partial charge in [-0.1, -0.05) is 68.5 Å². The monoisotopic (exact) mass is 528 g/mol. The van der Waals surface area contributed by atoms with Gasteiger partial charge in [0, 0.05) is 17.2 Å². The van der Waals surface area contributed by atoms with Crippen LogP contribution in [-0.4, -0.2) is 41.3 Å². The van der Waals surface area contributed by atoms with Crippen LogP contribution in [0.4, 0.5) is 5.69 Å². The highest BCUT2D eigenvalue weighted by molar-refractivity contribution is 5.94. The lowest BCUT2D eigenvalue weighted by Gasteiger charge is -2.32. The number of unbranched alkanes of at least 4 members (excludes halogenated alkanes) is 1. The molecule has 0 radical (unpaired) electrons. The number of anilines is 1. The molecular formula is C34H44N2O3. The first-order valence-corrected chi connectivity index (χ1v) is 14.3. The van der Waals surface area contributed by atoms with Crippen LogP contribution in [0.25, 0.3) is 0 Å². The highest BCUT2D eigenvalue weighted by Crippen LogP contribution is 2.29. The van der Waals surface area contributed by atoms with Crippen molar-refractivity contribution in [2.75, 3.05) is 25.0 Å². The number of ketones is 1. The van der Waals surface area contributed by atoms with Crippen LogP contribution in [-0.2, 0) is 16.0 Å². The number of hydrogen-bond acceptors (Lipinski definition) is 4. The molecule has 2 N–H and O–H groups in total. The van der Waals surface area contributed by atoms with E-state index in [0.717, 1.165) is 5.69 Å². The molecule has 5 heteroatoms. The zero-order valence-electron chi connectivity index (χ0n) is 23.7. The minimum absolute atomic E-state index is 0.00813. The van der Waals surface area contributed by atoms with E-state index in [1.54, 1.807) is 12.2 Å². The molecule has 1 fully saturated rings. The third-order valence-corrected chi connectivity index (χ3v) is 7.29. The molecule has 0 unspecified atom stereocenters. The Morgan fingerprint density at radius 1 is 1.03 bits per heavy atom. The topological polar surface area (TPSA) is 69.6 Å². The Labute approximate surface area is 234 Å². The van der Waals surface area contributed by atoms with Gasteiger partial charge in [-0.05, 0) is 106 Å². The van der Waals surface area contributed by atoms with Gasteiger partial charge in [-0.25, -0.2) is 0 Å². The van der Waals surface area contributed by atoms with Crippen LogP contribution >= 0.6 is 0 Å². The Morgan fingerprint density at radius 2 is 1.77 bits per heavy atom. The third-order valence-electron chi connectivity index (χ3n) is 7.29. The number of amides is 1. The summed E-state index contributed by atoms with van der Waals surface area (Å²) in [6, 6.07) is 19.2. The van der Waals surface area contributed by atoms with Gasteiger partial charge >= 0.3 is 0 Å². The number of carbonyl (C=O) groups excluding carboxylic acids is 2. The van der Waals surface area contributed by atoms with E-state index >= 15 is 0 Å². The normalized spacial score (nSPS) is 16.0. The van der Waals surface area contributed by atoms with Gasteiger partial charge in [-0.2, -0.15) is 0 Å². The smallest absolute Gasteiger partial charge is 0.226 e. The van der Waals surface area contributed by atoms with Crippen molar-refractivity contribution in [3.8, 4) is 0 Å². The summed E-state index contributed by atoms with van der Waals surface area (Å²) in [5.74, 6) is 0.855. The third kappa shape index (κ3) is 10.7. The molecule has 0 atom stereocenters. The van der Waals surface area contributed by atoms with E-state index in [9.17, 15) is 9.59 Å². The van der Waals surface area contributed by atoms with Crippen LogP contribution in [0.15, 0.2) is 90.2 Å². The number of Topliss-reactive ketones (excluding diaryl/α,β-unsaturated/α-hetero) is 1. The molecule has 0 aromatic heterocycles. The van der Waals surface area contributed by atoms with E-state index in [4.69, 9.17) is 5.11 Å². The van der Waals surface area contributed by atoms with Crippen molar-refractivity contribution in [3.63, 3.8) is 0 Å². The van der Waals surface area contributed by atoms with E-state index in [2.05, 4.69) is 58.7 Å². The summed E-state index contributed by atoms with van der Waals surface area (Å²) in [5, 5.41) is 12.1. The fraction of sp³-hybridized carbons (Fsp3) is 0.412. The summed E-state index contributed by atoms with van der Waals surface area (Å²) >= 11 is 0. The minimum atomic E-state index is 0.00813. The van der Waals surface area contributed by atoms with Gasteiger partial charge in [0.05, 0.1) is 0 Å². The van der Waals surface area contributed by atoms with Gasteiger partial charge in [0.2, 0.25) is 5.91 Å². The minimum Gasteiger partial charge on any atom is -0.508 e. The average Bonchev–Trinajstić information content (AvgIpc) is 3.17. The summed E-state index contributed by atoms with van der Waals surface area (Å²) in [7, 11) is 0. The number of allylic oxidation sites excluding steroid dienone is 5. The number of piperidine rings is 1. The second-order valence-electron chi connectivity index (χ2n) is 10.8. The zero-order chi connectivity index (χ0) is 28.0. The summed E-state index contributed by atoms with van der Waals surface area (Å²) in [4.78, 5) is 25.4. The highest BCUT2D eigenvalue weighted by Gasteiger charge is 2.20. The molecule has 1 amide bonds. The van der Waals surface area contributed by atoms with Gasteiger partial charge in [-0.3, -0.25) is 9.59 Å². The predicted octanol–water partition coefficient (Wildman–Crippen LogP) is 7.39. The second kappa shape index (κ2) is 15.8. The quantitative estimate of drug-likeness (QED) is 0.333. The number of aliphatic hydroxyl groups excluding tert-OH is 1. The maximum atomic E-state index is 11.9. The van der Waals surface area contributed by atoms with E-state index in [-0.39, 0.29) is 23.4 Å². The Kier molecular flexibility index (Phi) is 12.2. The first-order chi connectivity index (χ1) is 18.8. The van der Waals surface area contributed by atoms with Gasteiger partial charge in [0.1, 0.15) is 5.76 Å². The standard InChI is InChI=1S/C25H34N2O.C9H10O2/c1-20(2)25(28)26-24-13-8-12-23(19-24)22-14-17-27(18-15-22)16-7-6-11-21-9-4-3-5-10-21;1-7(10)8-4-2-3-5-9(11)6-8/h3-5,8-10,12-13,19-20,22H,6-7,11,14-18H2,1-2H3,(H,26,28);2-3,5-6,11H,4H2,1H3. The first kappa shape index (κ1) is 30.1. The number of likely N-dealkylation sites (tertiary alicyclic amines) is 1. The molecule has 208 valence electrons. The SMILES string of the molecule is CC(=O)C1=CC(O)=CC=CC1.CC(C)C(=O)Nc1cccc(C2CCN(CCCCc3ccccc3)CC2)c1. The number of hydrogen-bond donors (Lipinski definition) is 2. The molecule has 0 saturated carbocycles. The molecule has 2 aromatic rings. The highest BCUT2D eigenvalue weighted by atomic mass is 16.3. The first-order valence-electron chi connectivity index (χ1n) is 14.3. The number of aryl methyl sites for hydroxylation is 1. The van der Waals surface area contributed by atoms with Gasteiger partial charge in [-0.15, -0.1) is 0 Å². The Balaban J connectivity index is 0.000000320. The molecule has 0 bridgehead atoms. The van der Waals surface area contributed by atoms with E-state index in [0.29, 0.717) is 17.9 Å². The fourth-order valence-corrected chi connectivity index (χ4v) is 4.85. The van der Waals surface area contributed by atoms with Gasteiger partial charge in [0.25, 0.3) is 0 Å². The molecule has 1 aliphatic heterocycles. The van der Waals surface area contributed by atoms with Crippen molar-refractivity contribution in [2.24, 2.45) is 5.92 Å². The summed E-state index contributed by atoms with van der Waals surface area (Å²) in [6.45, 7) is 8.92. The number of rotatable bonds is 9. The maximum Gasteiger partial charge on any atom is 0.226 e. The van der Waals surface area contributed by atoms with Crippen molar-refractivity contribution in [1.82, 2.24) is 4.90 Å². The Hall–Kier alpha value is -3.44. The number of aliphatic hydroxyl groups is 1. The lowest BCUT2D eigenvalue weighted by atomic mass is 9.89. The van der Waals surface area contributed by atoms with Crippen molar-refractivity contribution < 1.29 is 14.7 Å². The van der Waals surface area contributed by atoms with Crippen molar-refractivity contribution in [1.29, 1.82) is 0 Å². The Bertz CT molecular complexity index is 1160. The van der Waals surface area contributed by atoms with Crippen LogP contribution in [0.3, 0.4) is 0 Å². The Morgan fingerprint density at radius 3 is 2.46 bits per heavy atom. The zero-order valence-corrected chi connectivity index (χ0v) is 23.7. The van der Waals surface area contributed by atoms with Crippen molar-refractivity contribution in [2.45, 2.75) is 65.2 Å². The summed E-state index contributed by atoms with van der Waals surface area (Å²) in [5.41, 5.74) is 4.39. The largest absolute Gasteiger partial charge is 0.508 e. The number of carbonyl (C=O) groups is 2. The summed E-state index contributed by atoms with van der Waals surface area (Å²) < 4.78 is 0. The molecule has 0 spiro atoms. The van der Waals surface area contributed by atoms with Gasteiger partial charge in [0.15, 0.2) is 5.78 Å². The van der Waals surface area contributed by atoms with E-state index < -0.39 is 0 Å². The van der Waals surface area contributed by atoms with Crippen molar-refractivity contribution in [3.05, 3.63) is 101 Å². The fourth-order valence-electron chi connectivity index (χ4n) is 4.85. The second-order valence-corrected chi connectivity index (χ2v) is 10.8. The van der Waals surface area contributed by atoms with E-state index in [1.165, 1.54) is 75.9 Å². The van der Waals surface area contributed by atoms with Crippen LogP contribution in [0.5, 0.6) is 0 Å². The van der Waals surface area contributed by atoms with Crippen LogP contribution < -0.4 is 5.32 Å². The predicted molar refractivity (Wildman–Crippen MR) is 161 cm³/mol. The lowest BCUT2D eigenvalue weighted by molar-refractivity contribution is -0.119. The van der Waals surface area contributed by atoms with Crippen LogP contribution in [0.1, 0.15) is 69.9 Å². The van der Waals surface area contributed by atoms with Crippen LogP contribution in [0, 0.1) is 5.92 Å². The lowest BCUT2D eigenvalue weighted by Crippen LogP contribution is -2.33. The number of nitrogens with one attached hydrogen (secondary N) is 1. The van der Waals surface area contributed by atoms with Crippen LogP contribution in [0.2, 0.25) is 0 Å². The van der Waals surface area contributed by atoms with Gasteiger partial charge < -0.3 is 15.3 Å². The van der Waals surface area contributed by atoms with E-state index in [1.807, 2.05) is 26.0 Å². The molecule has 2 aromatic carbocycles. The molecule has 1 aliphatic carbocycles. The molecule has 4 rings (SSSR count).